The van der Waals surface area contributed by atoms with Crippen molar-refractivity contribution in [1.29, 1.82) is 0 Å². The second-order valence-corrected chi connectivity index (χ2v) is 3.74. The minimum Gasteiger partial charge on any atom is -0.390 e. The summed E-state index contributed by atoms with van der Waals surface area (Å²) in [6, 6.07) is 0. The summed E-state index contributed by atoms with van der Waals surface area (Å²) >= 11 is 7.58. The van der Waals surface area contributed by atoms with Crippen LogP contribution in [0.25, 0.3) is 0 Å². The van der Waals surface area contributed by atoms with E-state index >= 15 is 0 Å². The van der Waals surface area contributed by atoms with Crippen LogP contribution in [0, 0.1) is 3.57 Å². The number of rotatable bonds is 3. The third kappa shape index (κ3) is 2.96. The van der Waals surface area contributed by atoms with Gasteiger partial charge in [-0.2, -0.15) is 5.10 Å². The van der Waals surface area contributed by atoms with Gasteiger partial charge in [0.25, 0.3) is 0 Å². The van der Waals surface area contributed by atoms with Gasteiger partial charge in [0.2, 0.25) is 0 Å². The minimum atomic E-state index is -0.507. The molecule has 5 heteroatoms. The van der Waals surface area contributed by atoms with E-state index in [1.807, 2.05) is 6.20 Å². The smallest absolute Gasteiger partial charge is 0.0871 e. The number of nitrogens with zero attached hydrogens (tertiary/aromatic N) is 2. The van der Waals surface area contributed by atoms with E-state index in [-0.39, 0.29) is 5.88 Å². The van der Waals surface area contributed by atoms with Crippen LogP contribution in [0.4, 0.5) is 0 Å². The van der Waals surface area contributed by atoms with Gasteiger partial charge < -0.3 is 5.11 Å². The molecule has 0 aliphatic heterocycles. The summed E-state index contributed by atoms with van der Waals surface area (Å²) in [4.78, 5) is 0. The van der Waals surface area contributed by atoms with Gasteiger partial charge in [0, 0.05) is 6.20 Å². The maximum absolute atomic E-state index is 9.13. The molecule has 0 saturated heterocycles. The molecule has 0 aliphatic carbocycles. The lowest BCUT2D eigenvalue weighted by atomic mass is 10.4. The highest BCUT2D eigenvalue weighted by Gasteiger charge is 2.03. The van der Waals surface area contributed by atoms with Crippen LogP contribution in [0.2, 0.25) is 0 Å². The van der Waals surface area contributed by atoms with Gasteiger partial charge in [-0.25, -0.2) is 0 Å². The van der Waals surface area contributed by atoms with Crippen LogP contribution in [0.3, 0.4) is 0 Å². The van der Waals surface area contributed by atoms with Gasteiger partial charge in [-0.15, -0.1) is 11.6 Å². The third-order valence-electron chi connectivity index (χ3n) is 1.18. The summed E-state index contributed by atoms with van der Waals surface area (Å²) in [6.07, 6.45) is 3.09. The van der Waals surface area contributed by atoms with E-state index in [0.717, 1.165) is 3.57 Å². The van der Waals surface area contributed by atoms with Crippen molar-refractivity contribution in [2.75, 3.05) is 5.88 Å². The Morgan fingerprint density at radius 2 is 2.55 bits per heavy atom. The van der Waals surface area contributed by atoms with E-state index in [1.165, 1.54) is 0 Å². The zero-order valence-corrected chi connectivity index (χ0v) is 8.66. The van der Waals surface area contributed by atoms with Crippen molar-refractivity contribution in [2.24, 2.45) is 0 Å². The van der Waals surface area contributed by atoms with E-state index in [4.69, 9.17) is 16.7 Å². The van der Waals surface area contributed by atoms with Crippen LogP contribution in [0.15, 0.2) is 12.4 Å². The van der Waals surface area contributed by atoms with Gasteiger partial charge in [0.15, 0.2) is 0 Å². The van der Waals surface area contributed by atoms with Crippen molar-refractivity contribution in [3.05, 3.63) is 16.0 Å². The number of hydrogen-bond acceptors (Lipinski definition) is 2. The summed E-state index contributed by atoms with van der Waals surface area (Å²) in [5.74, 6) is 0.246. The Morgan fingerprint density at radius 1 is 1.82 bits per heavy atom. The second-order valence-electron chi connectivity index (χ2n) is 2.19. The fourth-order valence-electron chi connectivity index (χ4n) is 0.703. The second kappa shape index (κ2) is 4.27. The number of hydrogen-bond donors (Lipinski definition) is 1. The predicted molar refractivity (Wildman–Crippen MR) is 51.7 cm³/mol. The first-order valence-corrected chi connectivity index (χ1v) is 4.75. The molecule has 0 aromatic carbocycles. The Kier molecular flexibility index (Phi) is 3.61. The molecule has 0 saturated carbocycles. The zero-order chi connectivity index (χ0) is 8.27. The first kappa shape index (κ1) is 9.28. The molecule has 1 N–H and O–H groups in total. The van der Waals surface area contributed by atoms with Crippen LogP contribution < -0.4 is 0 Å². The zero-order valence-electron chi connectivity index (χ0n) is 5.74. The molecule has 1 unspecified atom stereocenters. The molecule has 0 aliphatic rings. The normalized spacial score (nSPS) is 13.4. The van der Waals surface area contributed by atoms with Crippen molar-refractivity contribution >= 4 is 34.2 Å². The van der Waals surface area contributed by atoms with E-state index < -0.39 is 6.10 Å². The maximum atomic E-state index is 9.13. The number of aliphatic hydroxyl groups excluding tert-OH is 1. The van der Waals surface area contributed by atoms with Crippen LogP contribution in [-0.4, -0.2) is 26.9 Å². The summed E-state index contributed by atoms with van der Waals surface area (Å²) in [5.41, 5.74) is 0. The lowest BCUT2D eigenvalue weighted by molar-refractivity contribution is 0.171. The average Bonchev–Trinajstić information content (AvgIpc) is 2.35. The molecule has 0 amide bonds. The Balaban J connectivity index is 2.50. The van der Waals surface area contributed by atoms with Gasteiger partial charge in [0.1, 0.15) is 0 Å². The molecule has 0 spiro atoms. The van der Waals surface area contributed by atoms with E-state index in [1.54, 1.807) is 10.9 Å². The van der Waals surface area contributed by atoms with Crippen molar-refractivity contribution < 1.29 is 5.11 Å². The van der Waals surface area contributed by atoms with E-state index in [9.17, 15) is 0 Å². The Bertz CT molecular complexity index is 228. The first-order chi connectivity index (χ1) is 5.22. The molecule has 0 bridgehead atoms. The van der Waals surface area contributed by atoms with Crippen molar-refractivity contribution in [3.8, 4) is 0 Å². The highest BCUT2D eigenvalue weighted by Crippen LogP contribution is 2.02. The number of halogens is 2. The standard InChI is InChI=1S/C6H8ClIN2O/c7-1-6(11)4-10-3-5(8)2-9-10/h2-3,6,11H,1,4H2. The third-order valence-corrected chi connectivity index (χ3v) is 2.09. The Hall–Kier alpha value is 0.190. The van der Waals surface area contributed by atoms with Gasteiger partial charge in [-0.3, -0.25) is 4.68 Å². The molecular weight excluding hydrogens is 278 g/mol. The van der Waals surface area contributed by atoms with E-state index in [2.05, 4.69) is 27.7 Å². The van der Waals surface area contributed by atoms with Crippen molar-refractivity contribution in [3.63, 3.8) is 0 Å². The fourth-order valence-corrected chi connectivity index (χ4v) is 1.25. The predicted octanol–water partition coefficient (Wildman–Crippen LogP) is 1.09. The van der Waals surface area contributed by atoms with Crippen LogP contribution >= 0.6 is 34.2 Å². The largest absolute Gasteiger partial charge is 0.390 e. The molecule has 3 nitrogen and oxygen atoms in total. The van der Waals surface area contributed by atoms with Crippen LogP contribution in [0.5, 0.6) is 0 Å². The summed E-state index contributed by atoms with van der Waals surface area (Å²) < 4.78 is 2.74. The summed E-state index contributed by atoms with van der Waals surface area (Å²) in [6.45, 7) is 0.465. The molecule has 1 atom stereocenters. The number of aromatic nitrogens is 2. The van der Waals surface area contributed by atoms with Crippen LogP contribution in [0.1, 0.15) is 0 Å². The monoisotopic (exact) mass is 286 g/mol. The molecule has 1 heterocycles. The molecule has 1 aromatic heterocycles. The molecule has 0 radical (unpaired) electrons. The Morgan fingerprint density at radius 3 is 3.00 bits per heavy atom. The molecular formula is C6H8ClIN2O. The Labute approximate surface area is 83.5 Å². The maximum Gasteiger partial charge on any atom is 0.0871 e. The highest BCUT2D eigenvalue weighted by atomic mass is 127. The van der Waals surface area contributed by atoms with Gasteiger partial charge in [0.05, 0.1) is 28.3 Å². The first-order valence-electron chi connectivity index (χ1n) is 3.14. The molecule has 62 valence electrons. The average molecular weight is 286 g/mol. The minimum absolute atomic E-state index is 0.246. The molecule has 1 rings (SSSR count). The van der Waals surface area contributed by atoms with Crippen molar-refractivity contribution in [2.45, 2.75) is 12.6 Å². The lowest BCUT2D eigenvalue weighted by Crippen LogP contribution is -2.17. The fraction of sp³-hybridized carbons (Fsp3) is 0.500. The lowest BCUT2D eigenvalue weighted by Gasteiger charge is -2.05. The van der Waals surface area contributed by atoms with Crippen LogP contribution in [-0.2, 0) is 6.54 Å². The van der Waals surface area contributed by atoms with Gasteiger partial charge in [-0.05, 0) is 22.6 Å². The van der Waals surface area contributed by atoms with Gasteiger partial charge >= 0.3 is 0 Å². The molecule has 0 fully saturated rings. The number of alkyl halides is 1. The van der Waals surface area contributed by atoms with E-state index in [0.29, 0.717) is 6.54 Å². The van der Waals surface area contributed by atoms with Crippen molar-refractivity contribution in [1.82, 2.24) is 9.78 Å². The quantitative estimate of drug-likeness (QED) is 0.667. The van der Waals surface area contributed by atoms with Gasteiger partial charge in [-0.1, -0.05) is 0 Å². The summed E-state index contributed by atoms with van der Waals surface area (Å²) in [7, 11) is 0. The molecule has 1 aromatic rings. The number of aliphatic hydroxyl groups is 1. The molecule has 11 heavy (non-hydrogen) atoms. The highest BCUT2D eigenvalue weighted by molar-refractivity contribution is 14.1. The topological polar surface area (TPSA) is 38.0 Å². The SMILES string of the molecule is OC(CCl)Cn1cc(I)cn1. The summed E-state index contributed by atoms with van der Waals surface area (Å²) in [5, 5.41) is 13.1.